The Hall–Kier alpha value is -0.800. The molecule has 1 aliphatic rings. The molecule has 0 atom stereocenters. The lowest BCUT2D eigenvalue weighted by molar-refractivity contribution is -0.138. The lowest BCUT2D eigenvalue weighted by Gasteiger charge is -2.32. The van der Waals surface area contributed by atoms with Crippen LogP contribution in [0.1, 0.15) is 0 Å². The van der Waals surface area contributed by atoms with Crippen molar-refractivity contribution in [2.24, 2.45) is 0 Å². The van der Waals surface area contributed by atoms with E-state index >= 15 is 0 Å². The normalized spacial score (nSPS) is 20.2. The van der Waals surface area contributed by atoms with Crippen LogP contribution in [0.15, 0.2) is 0 Å². The van der Waals surface area contributed by atoms with Crippen molar-refractivity contribution >= 4 is 16.0 Å². The Kier molecular flexibility index (Phi) is 4.16. The van der Waals surface area contributed by atoms with E-state index in [9.17, 15) is 22.0 Å². The Morgan fingerprint density at radius 2 is 1.75 bits per heavy atom. The minimum Gasteiger partial charge on any atom is -0.480 e. The first-order chi connectivity index (χ1) is 7.34. The Labute approximate surface area is 91.5 Å². The number of aliphatic carboxylic acids is 1. The quantitative estimate of drug-likeness (QED) is 0.717. The number of carboxylic acids is 1. The van der Waals surface area contributed by atoms with Crippen LogP contribution in [0.25, 0.3) is 0 Å². The average molecular weight is 258 g/mol. The fraction of sp³-hybridized carbons (Fsp3) is 0.857. The molecule has 0 aromatic carbocycles. The van der Waals surface area contributed by atoms with Crippen molar-refractivity contribution in [3.05, 3.63) is 0 Å². The van der Waals surface area contributed by atoms with E-state index in [0.717, 1.165) is 0 Å². The maximum atomic E-state index is 12.2. The van der Waals surface area contributed by atoms with E-state index in [2.05, 4.69) is 0 Å². The molecular formula is C7H12F2N2O4S. The molecule has 0 aromatic rings. The van der Waals surface area contributed by atoms with E-state index in [0.29, 0.717) is 4.31 Å². The predicted molar refractivity (Wildman–Crippen MR) is 50.6 cm³/mol. The molecule has 0 saturated carbocycles. The minimum atomic E-state index is -4.53. The van der Waals surface area contributed by atoms with Crippen molar-refractivity contribution < 1.29 is 27.1 Å². The molecule has 1 heterocycles. The number of carbonyl (C=O) groups is 1. The highest BCUT2D eigenvalue weighted by Gasteiger charge is 2.34. The van der Waals surface area contributed by atoms with E-state index in [-0.39, 0.29) is 32.7 Å². The van der Waals surface area contributed by atoms with E-state index in [1.807, 2.05) is 0 Å². The molecule has 0 bridgehead atoms. The van der Waals surface area contributed by atoms with Gasteiger partial charge in [0.2, 0.25) is 0 Å². The zero-order valence-corrected chi connectivity index (χ0v) is 9.16. The van der Waals surface area contributed by atoms with Crippen LogP contribution in [0, 0.1) is 0 Å². The number of hydrogen-bond donors (Lipinski definition) is 1. The summed E-state index contributed by atoms with van der Waals surface area (Å²) in [6.07, 6.45) is 0. The zero-order chi connectivity index (χ0) is 12.3. The van der Waals surface area contributed by atoms with Gasteiger partial charge in [0.05, 0.1) is 6.54 Å². The van der Waals surface area contributed by atoms with Crippen molar-refractivity contribution in [1.29, 1.82) is 0 Å². The van der Waals surface area contributed by atoms with Gasteiger partial charge in [-0.25, -0.2) is 8.42 Å². The van der Waals surface area contributed by atoms with Gasteiger partial charge in [-0.05, 0) is 0 Å². The van der Waals surface area contributed by atoms with Gasteiger partial charge >= 0.3 is 11.7 Å². The third-order valence-electron chi connectivity index (χ3n) is 2.28. The summed E-state index contributed by atoms with van der Waals surface area (Å²) < 4.78 is 47.1. The van der Waals surface area contributed by atoms with Gasteiger partial charge in [0.25, 0.3) is 10.0 Å². The summed E-state index contributed by atoms with van der Waals surface area (Å²) in [7, 11) is -4.53. The molecular weight excluding hydrogens is 246 g/mol. The van der Waals surface area contributed by atoms with Crippen LogP contribution in [0.3, 0.4) is 0 Å². The largest absolute Gasteiger partial charge is 0.480 e. The second kappa shape index (κ2) is 5.02. The molecule has 16 heavy (non-hydrogen) atoms. The molecule has 0 amide bonds. The van der Waals surface area contributed by atoms with Crippen LogP contribution in [0.5, 0.6) is 0 Å². The van der Waals surface area contributed by atoms with Crippen molar-refractivity contribution in [2.45, 2.75) is 5.76 Å². The fourth-order valence-corrected chi connectivity index (χ4v) is 2.34. The molecule has 1 fully saturated rings. The summed E-state index contributed by atoms with van der Waals surface area (Å²) in [5.74, 6) is -4.44. The van der Waals surface area contributed by atoms with E-state index in [1.54, 1.807) is 0 Å². The Morgan fingerprint density at radius 1 is 1.25 bits per heavy atom. The van der Waals surface area contributed by atoms with Crippen LogP contribution in [-0.2, 0) is 14.8 Å². The number of alkyl halides is 2. The molecule has 0 unspecified atom stereocenters. The standard InChI is InChI=1S/C7H12F2N2O4S/c8-7(9)16(14,15)11-3-1-10(2-4-11)5-6(12)13/h7H,1-5H2,(H,12,13). The molecule has 0 aromatic heterocycles. The summed E-state index contributed by atoms with van der Waals surface area (Å²) in [6, 6.07) is 0. The minimum absolute atomic E-state index is 0.0973. The van der Waals surface area contributed by atoms with Gasteiger partial charge < -0.3 is 5.11 Å². The fourth-order valence-electron chi connectivity index (χ4n) is 1.45. The number of halogens is 2. The number of rotatable bonds is 4. The summed E-state index contributed by atoms with van der Waals surface area (Å²) in [6.45, 7) is -0.0982. The Morgan fingerprint density at radius 3 is 2.12 bits per heavy atom. The Balaban J connectivity index is 2.52. The van der Waals surface area contributed by atoms with Gasteiger partial charge in [-0.15, -0.1) is 0 Å². The Bertz CT molecular complexity index is 351. The summed E-state index contributed by atoms with van der Waals surface area (Å²) in [5.41, 5.74) is 0. The second-order valence-corrected chi connectivity index (χ2v) is 5.28. The molecule has 0 aliphatic carbocycles. The van der Waals surface area contributed by atoms with Gasteiger partial charge in [0.1, 0.15) is 0 Å². The maximum Gasteiger partial charge on any atom is 0.350 e. The predicted octanol–water partition coefficient (Wildman–Crippen LogP) is -0.759. The number of hydrogen-bond acceptors (Lipinski definition) is 4. The summed E-state index contributed by atoms with van der Waals surface area (Å²) in [4.78, 5) is 11.9. The molecule has 1 rings (SSSR count). The monoisotopic (exact) mass is 258 g/mol. The molecule has 9 heteroatoms. The van der Waals surface area contributed by atoms with E-state index in [4.69, 9.17) is 5.11 Å². The van der Waals surface area contributed by atoms with Crippen LogP contribution in [0.4, 0.5) is 8.78 Å². The van der Waals surface area contributed by atoms with Gasteiger partial charge in [0.15, 0.2) is 0 Å². The third-order valence-corrected chi connectivity index (χ3v) is 3.81. The number of nitrogens with zero attached hydrogens (tertiary/aromatic N) is 2. The summed E-state index contributed by atoms with van der Waals surface area (Å²) in [5, 5.41) is 8.49. The first-order valence-corrected chi connectivity index (χ1v) is 6.05. The third kappa shape index (κ3) is 3.09. The van der Waals surface area contributed by atoms with E-state index < -0.39 is 21.8 Å². The van der Waals surface area contributed by atoms with Crippen LogP contribution in [-0.4, -0.2) is 67.2 Å². The molecule has 1 N–H and O–H groups in total. The van der Waals surface area contributed by atoms with Gasteiger partial charge in [-0.2, -0.15) is 13.1 Å². The van der Waals surface area contributed by atoms with Crippen molar-refractivity contribution in [3.63, 3.8) is 0 Å². The summed E-state index contributed by atoms with van der Waals surface area (Å²) >= 11 is 0. The van der Waals surface area contributed by atoms with E-state index in [1.165, 1.54) is 4.90 Å². The highest BCUT2D eigenvalue weighted by Crippen LogP contribution is 2.14. The maximum absolute atomic E-state index is 12.2. The van der Waals surface area contributed by atoms with Crippen LogP contribution < -0.4 is 0 Å². The number of piperazine rings is 1. The average Bonchev–Trinajstić information content (AvgIpc) is 2.17. The van der Waals surface area contributed by atoms with Crippen LogP contribution in [0.2, 0.25) is 0 Å². The van der Waals surface area contributed by atoms with Crippen molar-refractivity contribution in [1.82, 2.24) is 9.21 Å². The van der Waals surface area contributed by atoms with Crippen molar-refractivity contribution in [2.75, 3.05) is 32.7 Å². The SMILES string of the molecule is O=C(O)CN1CCN(S(=O)(=O)C(F)F)CC1. The van der Waals surface area contributed by atoms with Gasteiger partial charge in [-0.3, -0.25) is 9.69 Å². The van der Waals surface area contributed by atoms with Gasteiger partial charge in [0, 0.05) is 26.2 Å². The first kappa shape index (κ1) is 13.3. The number of carboxylic acid groups (broad SMARTS) is 1. The highest BCUT2D eigenvalue weighted by molar-refractivity contribution is 7.89. The molecule has 1 saturated heterocycles. The molecule has 0 spiro atoms. The zero-order valence-electron chi connectivity index (χ0n) is 8.34. The molecule has 1 aliphatic heterocycles. The molecule has 0 radical (unpaired) electrons. The highest BCUT2D eigenvalue weighted by atomic mass is 32.2. The molecule has 94 valence electrons. The van der Waals surface area contributed by atoms with Gasteiger partial charge in [-0.1, -0.05) is 0 Å². The first-order valence-electron chi connectivity index (χ1n) is 4.55. The topological polar surface area (TPSA) is 77.9 Å². The smallest absolute Gasteiger partial charge is 0.350 e. The van der Waals surface area contributed by atoms with Crippen molar-refractivity contribution in [3.8, 4) is 0 Å². The lowest BCUT2D eigenvalue weighted by atomic mass is 10.3. The number of sulfonamides is 1. The molecule has 6 nitrogen and oxygen atoms in total. The van der Waals surface area contributed by atoms with Crippen LogP contribution >= 0.6 is 0 Å². The lowest BCUT2D eigenvalue weighted by Crippen LogP contribution is -2.51. The second-order valence-electron chi connectivity index (χ2n) is 3.37.